The number of pyridine rings is 1. The van der Waals surface area contributed by atoms with Crippen LogP contribution in [0.3, 0.4) is 0 Å². The van der Waals surface area contributed by atoms with Gasteiger partial charge in [0.05, 0.1) is 0 Å². The number of hydrogen-bond acceptors (Lipinski definition) is 4. The Bertz CT molecular complexity index is 639. The molecule has 122 valence electrons. The van der Waals surface area contributed by atoms with Crippen molar-refractivity contribution in [3.63, 3.8) is 0 Å². The van der Waals surface area contributed by atoms with E-state index < -0.39 is 0 Å². The molecule has 1 amide bonds. The molecule has 0 spiro atoms. The predicted molar refractivity (Wildman–Crippen MR) is 87.1 cm³/mol. The fourth-order valence-corrected chi connectivity index (χ4v) is 3.21. The molecule has 0 bridgehead atoms. The molecule has 5 heteroatoms. The van der Waals surface area contributed by atoms with Gasteiger partial charge in [0.2, 0.25) is 0 Å². The smallest absolute Gasteiger partial charge is 0.276 e. The van der Waals surface area contributed by atoms with Crippen LogP contribution in [-0.2, 0) is 12.8 Å². The number of likely N-dealkylation sites (tertiary alicyclic amines) is 1. The molecule has 1 fully saturated rings. The van der Waals surface area contributed by atoms with Gasteiger partial charge in [-0.1, -0.05) is 18.1 Å². The number of rotatable bonds is 5. The Morgan fingerprint density at radius 2 is 2.39 bits per heavy atom. The van der Waals surface area contributed by atoms with Crippen LogP contribution in [0.5, 0.6) is 0 Å². The summed E-state index contributed by atoms with van der Waals surface area (Å²) >= 11 is 0. The van der Waals surface area contributed by atoms with Gasteiger partial charge in [-0.05, 0) is 43.2 Å². The molecule has 0 saturated carbocycles. The van der Waals surface area contributed by atoms with Crippen molar-refractivity contribution >= 4 is 5.91 Å². The summed E-state index contributed by atoms with van der Waals surface area (Å²) in [5.41, 5.74) is 1.67. The summed E-state index contributed by atoms with van der Waals surface area (Å²) in [6.07, 6.45) is 8.67. The van der Waals surface area contributed by atoms with Gasteiger partial charge in [0.15, 0.2) is 5.69 Å². The Kier molecular flexibility index (Phi) is 5.05. The highest BCUT2D eigenvalue weighted by molar-refractivity contribution is 5.92. The Balaban J connectivity index is 1.62. The summed E-state index contributed by atoms with van der Waals surface area (Å²) in [6, 6.07) is 5.85. The number of piperidine rings is 1. The van der Waals surface area contributed by atoms with Crippen LogP contribution < -0.4 is 0 Å². The van der Waals surface area contributed by atoms with Gasteiger partial charge < -0.3 is 9.42 Å². The second-order valence-corrected chi connectivity index (χ2v) is 6.25. The molecule has 1 aliphatic rings. The highest BCUT2D eigenvalue weighted by atomic mass is 16.5. The van der Waals surface area contributed by atoms with Crippen molar-refractivity contribution in [3.8, 4) is 0 Å². The van der Waals surface area contributed by atoms with Gasteiger partial charge in [-0.3, -0.25) is 9.78 Å². The molecule has 0 unspecified atom stereocenters. The maximum absolute atomic E-state index is 12.6. The van der Waals surface area contributed by atoms with E-state index in [1.165, 1.54) is 5.56 Å². The van der Waals surface area contributed by atoms with Gasteiger partial charge in [-0.15, -0.1) is 0 Å². The van der Waals surface area contributed by atoms with Gasteiger partial charge in [-0.25, -0.2) is 0 Å². The van der Waals surface area contributed by atoms with E-state index in [1.807, 2.05) is 17.2 Å². The molecule has 2 aromatic heterocycles. The molecule has 1 atom stereocenters. The summed E-state index contributed by atoms with van der Waals surface area (Å²) < 4.78 is 5.23. The standard InChI is InChI=1S/C18H23N3O2/c1-2-5-16-11-17(20-23-16)18(22)21-9-4-7-15(13-21)10-14-6-3-8-19-12-14/h3,6,8,11-12,15H,2,4-5,7,9-10,13H2,1H3/t15-/m1/s1. The number of carbonyl (C=O) groups excluding carboxylic acids is 1. The zero-order valence-electron chi connectivity index (χ0n) is 13.6. The normalized spacial score (nSPS) is 18.1. The second-order valence-electron chi connectivity index (χ2n) is 6.25. The van der Waals surface area contributed by atoms with Gasteiger partial charge in [-0.2, -0.15) is 0 Å². The van der Waals surface area contributed by atoms with Gasteiger partial charge in [0.25, 0.3) is 5.91 Å². The maximum atomic E-state index is 12.6. The molecule has 0 aliphatic carbocycles. The van der Waals surface area contributed by atoms with E-state index in [-0.39, 0.29) is 5.91 Å². The summed E-state index contributed by atoms with van der Waals surface area (Å²) in [6.45, 7) is 3.67. The van der Waals surface area contributed by atoms with E-state index in [9.17, 15) is 4.79 Å². The average Bonchev–Trinajstić information content (AvgIpc) is 3.04. The van der Waals surface area contributed by atoms with Crippen molar-refractivity contribution in [1.82, 2.24) is 15.0 Å². The third-order valence-electron chi connectivity index (χ3n) is 4.33. The summed E-state index contributed by atoms with van der Waals surface area (Å²) in [7, 11) is 0. The van der Waals surface area contributed by atoms with Crippen LogP contribution in [0.2, 0.25) is 0 Å². The van der Waals surface area contributed by atoms with Crippen LogP contribution in [0.25, 0.3) is 0 Å². The van der Waals surface area contributed by atoms with Gasteiger partial charge >= 0.3 is 0 Å². The molecule has 2 aromatic rings. The molecule has 1 saturated heterocycles. The van der Waals surface area contributed by atoms with E-state index in [0.29, 0.717) is 11.6 Å². The minimum Gasteiger partial charge on any atom is -0.361 e. The molecule has 0 radical (unpaired) electrons. The lowest BCUT2D eigenvalue weighted by Gasteiger charge is -2.32. The van der Waals surface area contributed by atoms with Crippen molar-refractivity contribution in [2.75, 3.05) is 13.1 Å². The topological polar surface area (TPSA) is 59.2 Å². The van der Waals surface area contributed by atoms with Crippen molar-refractivity contribution < 1.29 is 9.32 Å². The first kappa shape index (κ1) is 15.7. The Morgan fingerprint density at radius 3 is 3.17 bits per heavy atom. The zero-order valence-corrected chi connectivity index (χ0v) is 13.6. The first-order valence-electron chi connectivity index (χ1n) is 8.40. The molecule has 0 N–H and O–H groups in total. The summed E-state index contributed by atoms with van der Waals surface area (Å²) in [4.78, 5) is 18.7. The van der Waals surface area contributed by atoms with E-state index in [1.54, 1.807) is 12.3 Å². The Hall–Kier alpha value is -2.17. The fourth-order valence-electron chi connectivity index (χ4n) is 3.21. The average molecular weight is 313 g/mol. The first-order valence-corrected chi connectivity index (χ1v) is 8.40. The Labute approximate surface area is 136 Å². The van der Waals surface area contributed by atoms with Crippen LogP contribution in [0.4, 0.5) is 0 Å². The Morgan fingerprint density at radius 1 is 1.48 bits per heavy atom. The minimum absolute atomic E-state index is 0.00742. The number of amides is 1. The fraction of sp³-hybridized carbons (Fsp3) is 0.500. The molecule has 3 rings (SSSR count). The molecule has 23 heavy (non-hydrogen) atoms. The van der Waals surface area contributed by atoms with Crippen molar-refractivity contribution in [3.05, 3.63) is 47.6 Å². The lowest BCUT2D eigenvalue weighted by molar-refractivity contribution is 0.0663. The van der Waals surface area contributed by atoms with Crippen LogP contribution in [-0.4, -0.2) is 34.0 Å². The number of carbonyl (C=O) groups is 1. The zero-order chi connectivity index (χ0) is 16.1. The minimum atomic E-state index is -0.00742. The van der Waals surface area contributed by atoms with Gasteiger partial charge in [0.1, 0.15) is 5.76 Å². The van der Waals surface area contributed by atoms with Gasteiger partial charge in [0, 0.05) is 38.0 Å². The highest BCUT2D eigenvalue weighted by Crippen LogP contribution is 2.22. The van der Waals surface area contributed by atoms with E-state index >= 15 is 0 Å². The number of aromatic nitrogens is 2. The lowest BCUT2D eigenvalue weighted by atomic mass is 9.92. The summed E-state index contributed by atoms with van der Waals surface area (Å²) in [5, 5.41) is 3.94. The first-order chi connectivity index (χ1) is 11.3. The van der Waals surface area contributed by atoms with E-state index in [0.717, 1.165) is 51.0 Å². The van der Waals surface area contributed by atoms with Crippen LogP contribution in [0, 0.1) is 5.92 Å². The number of hydrogen-bond donors (Lipinski definition) is 0. The third-order valence-corrected chi connectivity index (χ3v) is 4.33. The maximum Gasteiger partial charge on any atom is 0.276 e. The molecule has 5 nitrogen and oxygen atoms in total. The second kappa shape index (κ2) is 7.40. The van der Waals surface area contributed by atoms with Crippen molar-refractivity contribution in [2.45, 2.75) is 39.0 Å². The largest absolute Gasteiger partial charge is 0.361 e. The molecular weight excluding hydrogens is 290 g/mol. The van der Waals surface area contributed by atoms with Crippen LogP contribution >= 0.6 is 0 Å². The quantitative estimate of drug-likeness (QED) is 0.851. The predicted octanol–water partition coefficient (Wildman–Crippen LogP) is 3.12. The molecular formula is C18H23N3O2. The van der Waals surface area contributed by atoms with E-state index in [4.69, 9.17) is 4.52 Å². The van der Waals surface area contributed by atoms with Crippen LogP contribution in [0.1, 0.15) is 48.0 Å². The highest BCUT2D eigenvalue weighted by Gasteiger charge is 2.26. The van der Waals surface area contributed by atoms with Crippen molar-refractivity contribution in [1.29, 1.82) is 0 Å². The van der Waals surface area contributed by atoms with E-state index in [2.05, 4.69) is 23.1 Å². The lowest BCUT2D eigenvalue weighted by Crippen LogP contribution is -2.40. The molecule has 0 aromatic carbocycles. The monoisotopic (exact) mass is 313 g/mol. The van der Waals surface area contributed by atoms with Crippen LogP contribution in [0.15, 0.2) is 35.1 Å². The number of nitrogens with zero attached hydrogens (tertiary/aromatic N) is 3. The number of aryl methyl sites for hydroxylation is 1. The summed E-state index contributed by atoms with van der Waals surface area (Å²) in [5.74, 6) is 1.27. The molecule has 1 aliphatic heterocycles. The molecule has 3 heterocycles. The third kappa shape index (κ3) is 3.97. The van der Waals surface area contributed by atoms with Crippen molar-refractivity contribution in [2.24, 2.45) is 5.92 Å². The SMILES string of the molecule is CCCc1cc(C(=O)N2CCC[C@H](Cc3cccnc3)C2)no1.